The molecule has 0 fully saturated rings. The van der Waals surface area contributed by atoms with Gasteiger partial charge in [-0.1, -0.05) is 13.8 Å². The van der Waals surface area contributed by atoms with Crippen molar-refractivity contribution in [1.82, 2.24) is 20.0 Å². The Balaban J connectivity index is 2.50. The van der Waals surface area contributed by atoms with Crippen LogP contribution < -0.4 is 5.32 Å². The Hall–Kier alpha value is -0.870. The van der Waals surface area contributed by atoms with Gasteiger partial charge in [0.2, 0.25) is 0 Å². The summed E-state index contributed by atoms with van der Waals surface area (Å²) in [4.78, 5) is 2.23. The summed E-state index contributed by atoms with van der Waals surface area (Å²) in [6.45, 7) is 10.7. The van der Waals surface area contributed by atoms with Crippen molar-refractivity contribution < 1.29 is 0 Å². The minimum atomic E-state index is 0.432. The van der Waals surface area contributed by atoms with E-state index >= 15 is 0 Å². The van der Waals surface area contributed by atoms with E-state index in [0.717, 1.165) is 18.8 Å². The Kier molecular flexibility index (Phi) is 5.82. The van der Waals surface area contributed by atoms with E-state index in [1.54, 1.807) is 0 Å². The molecular weight excluding hydrogens is 224 g/mol. The first-order valence-electron chi connectivity index (χ1n) is 6.82. The molecule has 0 saturated heterocycles. The molecule has 1 rings (SSSR count). The van der Waals surface area contributed by atoms with E-state index in [1.807, 2.05) is 4.68 Å². The molecule has 0 amide bonds. The standard InChI is InChI=1S/C14H28N4/c1-11(2)14(10-17(5)6)15-9-13-7-8-18(16-13)12(3)4/h7-8,11-12,14-15H,9-10H2,1-6H3. The molecule has 1 heterocycles. The molecule has 1 aromatic rings. The molecule has 0 bridgehead atoms. The van der Waals surface area contributed by atoms with Crippen molar-refractivity contribution in [3.63, 3.8) is 0 Å². The molecule has 0 radical (unpaired) electrons. The van der Waals surface area contributed by atoms with E-state index in [-0.39, 0.29) is 0 Å². The first-order valence-corrected chi connectivity index (χ1v) is 6.82. The van der Waals surface area contributed by atoms with Gasteiger partial charge >= 0.3 is 0 Å². The van der Waals surface area contributed by atoms with E-state index in [0.29, 0.717) is 18.0 Å². The normalized spacial score (nSPS) is 13.8. The minimum Gasteiger partial charge on any atom is -0.308 e. The van der Waals surface area contributed by atoms with Crippen LogP contribution in [-0.2, 0) is 6.54 Å². The summed E-state index contributed by atoms with van der Waals surface area (Å²) in [6.07, 6.45) is 2.05. The second-order valence-corrected chi connectivity index (χ2v) is 5.87. The molecule has 0 spiro atoms. The van der Waals surface area contributed by atoms with Gasteiger partial charge in [-0.3, -0.25) is 4.68 Å². The van der Waals surface area contributed by atoms with E-state index < -0.39 is 0 Å². The fourth-order valence-electron chi connectivity index (χ4n) is 1.90. The average Bonchev–Trinajstić information content (AvgIpc) is 2.72. The summed E-state index contributed by atoms with van der Waals surface area (Å²) in [5.74, 6) is 0.625. The van der Waals surface area contributed by atoms with Crippen molar-refractivity contribution in [2.75, 3.05) is 20.6 Å². The van der Waals surface area contributed by atoms with Crippen molar-refractivity contribution >= 4 is 0 Å². The van der Waals surface area contributed by atoms with Crippen LogP contribution in [0.4, 0.5) is 0 Å². The molecule has 0 saturated carbocycles. The monoisotopic (exact) mass is 252 g/mol. The van der Waals surface area contributed by atoms with Gasteiger partial charge in [-0.15, -0.1) is 0 Å². The highest BCUT2D eigenvalue weighted by Gasteiger charge is 2.14. The maximum Gasteiger partial charge on any atom is 0.0762 e. The number of nitrogens with zero attached hydrogens (tertiary/aromatic N) is 3. The molecule has 18 heavy (non-hydrogen) atoms. The van der Waals surface area contributed by atoms with Gasteiger partial charge in [0.25, 0.3) is 0 Å². The van der Waals surface area contributed by atoms with E-state index in [1.165, 1.54) is 0 Å². The van der Waals surface area contributed by atoms with Crippen LogP contribution in [0.25, 0.3) is 0 Å². The fourth-order valence-corrected chi connectivity index (χ4v) is 1.90. The zero-order valence-corrected chi connectivity index (χ0v) is 12.6. The number of hydrogen-bond donors (Lipinski definition) is 1. The van der Waals surface area contributed by atoms with Crippen molar-refractivity contribution in [2.24, 2.45) is 5.92 Å². The Morgan fingerprint density at radius 1 is 1.28 bits per heavy atom. The van der Waals surface area contributed by atoms with Gasteiger partial charge in [-0.2, -0.15) is 5.10 Å². The molecule has 0 aliphatic carbocycles. The van der Waals surface area contributed by atoms with Gasteiger partial charge in [0.15, 0.2) is 0 Å². The number of nitrogens with one attached hydrogen (secondary N) is 1. The third-order valence-corrected chi connectivity index (χ3v) is 3.10. The van der Waals surface area contributed by atoms with E-state index in [9.17, 15) is 0 Å². The first kappa shape index (κ1) is 15.2. The Labute approximate surface area is 111 Å². The molecular formula is C14H28N4. The van der Waals surface area contributed by atoms with Crippen molar-refractivity contribution in [1.29, 1.82) is 0 Å². The lowest BCUT2D eigenvalue weighted by molar-refractivity contribution is 0.287. The molecule has 0 aliphatic heterocycles. The number of rotatable bonds is 7. The van der Waals surface area contributed by atoms with Gasteiger partial charge in [-0.05, 0) is 39.9 Å². The second-order valence-electron chi connectivity index (χ2n) is 5.87. The van der Waals surface area contributed by atoms with Gasteiger partial charge < -0.3 is 10.2 Å². The van der Waals surface area contributed by atoms with Crippen LogP contribution in [0.2, 0.25) is 0 Å². The highest BCUT2D eigenvalue weighted by Crippen LogP contribution is 2.07. The number of aromatic nitrogens is 2. The van der Waals surface area contributed by atoms with Gasteiger partial charge in [0.1, 0.15) is 0 Å². The van der Waals surface area contributed by atoms with Gasteiger partial charge in [0, 0.05) is 31.4 Å². The van der Waals surface area contributed by atoms with E-state index in [4.69, 9.17) is 0 Å². The lowest BCUT2D eigenvalue weighted by atomic mass is 10.0. The third kappa shape index (κ3) is 4.78. The van der Waals surface area contributed by atoms with Crippen LogP contribution >= 0.6 is 0 Å². The zero-order chi connectivity index (χ0) is 13.7. The summed E-state index contributed by atoms with van der Waals surface area (Å²) >= 11 is 0. The topological polar surface area (TPSA) is 33.1 Å². The lowest BCUT2D eigenvalue weighted by Gasteiger charge is -2.25. The molecule has 4 heteroatoms. The summed E-state index contributed by atoms with van der Waals surface area (Å²) < 4.78 is 2.01. The Bertz CT molecular complexity index is 341. The zero-order valence-electron chi connectivity index (χ0n) is 12.6. The van der Waals surface area contributed by atoms with Crippen molar-refractivity contribution in [3.05, 3.63) is 18.0 Å². The highest BCUT2D eigenvalue weighted by atomic mass is 15.3. The largest absolute Gasteiger partial charge is 0.308 e. The van der Waals surface area contributed by atoms with Crippen LogP contribution in [0.1, 0.15) is 39.4 Å². The van der Waals surface area contributed by atoms with Crippen LogP contribution in [0.15, 0.2) is 12.3 Å². The number of hydrogen-bond acceptors (Lipinski definition) is 3. The molecule has 1 atom stereocenters. The highest BCUT2D eigenvalue weighted by molar-refractivity contribution is 4.99. The minimum absolute atomic E-state index is 0.432. The molecule has 104 valence electrons. The SMILES string of the molecule is CC(C)C(CN(C)C)NCc1ccn(C(C)C)n1. The summed E-state index contributed by atoms with van der Waals surface area (Å²) in [7, 11) is 4.23. The molecule has 1 unspecified atom stereocenters. The quantitative estimate of drug-likeness (QED) is 0.807. The predicted molar refractivity (Wildman–Crippen MR) is 76.6 cm³/mol. The molecule has 4 nitrogen and oxygen atoms in total. The molecule has 0 aliphatic rings. The molecule has 1 N–H and O–H groups in total. The lowest BCUT2D eigenvalue weighted by Crippen LogP contribution is -2.41. The van der Waals surface area contributed by atoms with Crippen LogP contribution in [0.3, 0.4) is 0 Å². The van der Waals surface area contributed by atoms with Crippen LogP contribution in [0.5, 0.6) is 0 Å². The van der Waals surface area contributed by atoms with Gasteiger partial charge in [-0.25, -0.2) is 0 Å². The number of likely N-dealkylation sites (N-methyl/N-ethyl adjacent to an activating group) is 1. The Morgan fingerprint density at radius 3 is 2.39 bits per heavy atom. The van der Waals surface area contributed by atoms with Crippen molar-refractivity contribution in [2.45, 2.75) is 46.3 Å². The fraction of sp³-hybridized carbons (Fsp3) is 0.786. The van der Waals surface area contributed by atoms with Crippen LogP contribution in [0, 0.1) is 5.92 Å². The molecule has 1 aromatic heterocycles. The maximum absolute atomic E-state index is 4.56. The average molecular weight is 252 g/mol. The van der Waals surface area contributed by atoms with Crippen molar-refractivity contribution in [3.8, 4) is 0 Å². The second kappa shape index (κ2) is 6.90. The summed E-state index contributed by atoms with van der Waals surface area (Å²) in [6, 6.07) is 3.03. The predicted octanol–water partition coefficient (Wildman–Crippen LogP) is 2.14. The maximum atomic E-state index is 4.56. The molecule has 0 aromatic carbocycles. The third-order valence-electron chi connectivity index (χ3n) is 3.10. The smallest absolute Gasteiger partial charge is 0.0762 e. The summed E-state index contributed by atoms with van der Waals surface area (Å²) in [5.41, 5.74) is 1.12. The first-order chi connectivity index (χ1) is 8.40. The Morgan fingerprint density at radius 2 is 1.94 bits per heavy atom. The van der Waals surface area contributed by atoms with E-state index in [2.05, 4.69) is 69.4 Å². The van der Waals surface area contributed by atoms with Crippen LogP contribution in [-0.4, -0.2) is 41.4 Å². The van der Waals surface area contributed by atoms with Gasteiger partial charge in [0.05, 0.1) is 5.69 Å². The summed E-state index contributed by atoms with van der Waals surface area (Å²) in [5, 5.41) is 8.16.